The Kier molecular flexibility index (Phi) is 5.69. The number of para-hydroxylation sites is 2. The maximum absolute atomic E-state index is 12.5. The van der Waals surface area contributed by atoms with Crippen molar-refractivity contribution in [3.8, 4) is 11.4 Å². The summed E-state index contributed by atoms with van der Waals surface area (Å²) in [5.74, 6) is 0.760. The van der Waals surface area contributed by atoms with E-state index >= 15 is 0 Å². The third-order valence-electron chi connectivity index (χ3n) is 4.21. The van der Waals surface area contributed by atoms with Gasteiger partial charge in [0.1, 0.15) is 5.75 Å². The van der Waals surface area contributed by atoms with Gasteiger partial charge in [0.15, 0.2) is 0 Å². The van der Waals surface area contributed by atoms with Gasteiger partial charge in [-0.2, -0.15) is 5.10 Å². The molecule has 0 saturated heterocycles. The molecule has 0 aliphatic carbocycles. The lowest BCUT2D eigenvalue weighted by molar-refractivity contribution is 0.0953. The van der Waals surface area contributed by atoms with Gasteiger partial charge in [-0.25, -0.2) is 4.68 Å². The number of carbonyl (C=O) groups excluding carboxylic acids is 1. The molecule has 1 amide bonds. The molecule has 0 aliphatic rings. The molecule has 0 radical (unpaired) electrons. The highest BCUT2D eigenvalue weighted by Crippen LogP contribution is 2.18. The second-order valence-corrected chi connectivity index (χ2v) is 5.94. The molecule has 1 heterocycles. The Hall–Kier alpha value is -3.08. The number of hydrogen-bond acceptors (Lipinski definition) is 3. The van der Waals surface area contributed by atoms with Crippen LogP contribution in [-0.4, -0.2) is 28.8 Å². The van der Waals surface area contributed by atoms with E-state index in [0.29, 0.717) is 25.1 Å². The fourth-order valence-corrected chi connectivity index (χ4v) is 2.87. The molecule has 134 valence electrons. The molecule has 1 aromatic heterocycles. The van der Waals surface area contributed by atoms with E-state index in [2.05, 4.69) is 10.4 Å². The normalized spacial score (nSPS) is 10.5. The van der Waals surface area contributed by atoms with Crippen LogP contribution in [0, 0.1) is 6.92 Å². The number of amides is 1. The van der Waals surface area contributed by atoms with Gasteiger partial charge in [0.05, 0.1) is 29.7 Å². The second-order valence-electron chi connectivity index (χ2n) is 5.94. The van der Waals surface area contributed by atoms with Crippen LogP contribution in [0.3, 0.4) is 0 Å². The maximum Gasteiger partial charge on any atom is 0.254 e. The Balaban J connectivity index is 1.64. The molecule has 5 nitrogen and oxygen atoms in total. The first-order chi connectivity index (χ1) is 12.7. The van der Waals surface area contributed by atoms with Crippen LogP contribution in [0.5, 0.6) is 5.75 Å². The minimum atomic E-state index is -0.112. The Labute approximate surface area is 153 Å². The zero-order valence-electron chi connectivity index (χ0n) is 15.1. The first kappa shape index (κ1) is 17.7. The molecule has 0 aliphatic heterocycles. The van der Waals surface area contributed by atoms with E-state index in [-0.39, 0.29) is 5.91 Å². The Morgan fingerprint density at radius 2 is 1.85 bits per heavy atom. The summed E-state index contributed by atoms with van der Waals surface area (Å²) in [7, 11) is 0. The molecule has 0 unspecified atom stereocenters. The minimum absolute atomic E-state index is 0.112. The summed E-state index contributed by atoms with van der Waals surface area (Å²) in [4.78, 5) is 12.5. The maximum atomic E-state index is 12.5. The van der Waals surface area contributed by atoms with Crippen molar-refractivity contribution in [3.05, 3.63) is 77.6 Å². The lowest BCUT2D eigenvalue weighted by Gasteiger charge is -2.10. The van der Waals surface area contributed by atoms with Crippen LogP contribution >= 0.6 is 0 Å². The Morgan fingerprint density at radius 3 is 2.62 bits per heavy atom. The van der Waals surface area contributed by atoms with Crippen LogP contribution in [0.2, 0.25) is 0 Å². The van der Waals surface area contributed by atoms with Crippen LogP contribution in [0.1, 0.15) is 28.5 Å². The van der Waals surface area contributed by atoms with Crippen molar-refractivity contribution in [2.75, 3.05) is 13.2 Å². The molecule has 1 N–H and O–H groups in total. The topological polar surface area (TPSA) is 56.1 Å². The fourth-order valence-electron chi connectivity index (χ4n) is 2.87. The quantitative estimate of drug-likeness (QED) is 0.710. The van der Waals surface area contributed by atoms with Gasteiger partial charge in [0.25, 0.3) is 5.91 Å². The second kappa shape index (κ2) is 8.34. The van der Waals surface area contributed by atoms with Crippen molar-refractivity contribution in [2.45, 2.75) is 20.3 Å². The van der Waals surface area contributed by atoms with E-state index in [1.807, 2.05) is 68.4 Å². The Bertz CT molecular complexity index is 872. The number of ether oxygens (including phenoxy) is 1. The molecule has 26 heavy (non-hydrogen) atoms. The van der Waals surface area contributed by atoms with Gasteiger partial charge in [-0.3, -0.25) is 4.79 Å². The van der Waals surface area contributed by atoms with Crippen molar-refractivity contribution >= 4 is 5.91 Å². The minimum Gasteiger partial charge on any atom is -0.494 e. The highest BCUT2D eigenvalue weighted by atomic mass is 16.5. The first-order valence-electron chi connectivity index (χ1n) is 8.79. The predicted octanol–water partition coefficient (Wildman–Crippen LogP) is 3.55. The standard InChI is InChI=1S/C21H23N3O2/c1-3-26-20-12-8-7-9-17(20)13-14-22-21(25)19-15-23-24(16(19)2)18-10-5-4-6-11-18/h4-12,15H,3,13-14H2,1-2H3,(H,22,25). The average Bonchev–Trinajstić information content (AvgIpc) is 3.05. The molecule has 5 heteroatoms. The number of nitrogens with one attached hydrogen (secondary N) is 1. The molecule has 0 spiro atoms. The third-order valence-corrected chi connectivity index (χ3v) is 4.21. The number of rotatable bonds is 7. The zero-order valence-corrected chi connectivity index (χ0v) is 15.1. The van der Waals surface area contributed by atoms with Gasteiger partial charge in [-0.1, -0.05) is 36.4 Å². The van der Waals surface area contributed by atoms with Crippen LogP contribution in [0.15, 0.2) is 60.8 Å². The van der Waals surface area contributed by atoms with Gasteiger partial charge >= 0.3 is 0 Å². The number of nitrogens with zero attached hydrogens (tertiary/aromatic N) is 2. The van der Waals surface area contributed by atoms with Crippen molar-refractivity contribution in [1.82, 2.24) is 15.1 Å². The number of hydrogen-bond donors (Lipinski definition) is 1. The van der Waals surface area contributed by atoms with Crippen LogP contribution in [-0.2, 0) is 6.42 Å². The van der Waals surface area contributed by atoms with Gasteiger partial charge < -0.3 is 10.1 Å². The lowest BCUT2D eigenvalue weighted by atomic mass is 10.1. The van der Waals surface area contributed by atoms with Gasteiger partial charge in [0, 0.05) is 6.54 Å². The van der Waals surface area contributed by atoms with Crippen molar-refractivity contribution in [3.63, 3.8) is 0 Å². The Morgan fingerprint density at radius 1 is 1.12 bits per heavy atom. The molecular formula is C21H23N3O2. The lowest BCUT2D eigenvalue weighted by Crippen LogP contribution is -2.26. The summed E-state index contributed by atoms with van der Waals surface area (Å²) in [6.07, 6.45) is 2.33. The van der Waals surface area contributed by atoms with E-state index in [4.69, 9.17) is 4.74 Å². The number of aromatic nitrogens is 2. The van der Waals surface area contributed by atoms with Gasteiger partial charge in [0.2, 0.25) is 0 Å². The number of benzene rings is 2. The molecule has 0 fully saturated rings. The smallest absolute Gasteiger partial charge is 0.254 e. The van der Waals surface area contributed by atoms with Crippen LogP contribution in [0.4, 0.5) is 0 Å². The molecule has 0 bridgehead atoms. The first-order valence-corrected chi connectivity index (χ1v) is 8.79. The molecular weight excluding hydrogens is 326 g/mol. The summed E-state index contributed by atoms with van der Waals surface area (Å²) < 4.78 is 7.40. The molecule has 3 rings (SSSR count). The summed E-state index contributed by atoms with van der Waals surface area (Å²) in [6.45, 7) is 5.03. The van der Waals surface area contributed by atoms with E-state index in [1.54, 1.807) is 10.9 Å². The average molecular weight is 349 g/mol. The third kappa shape index (κ3) is 3.94. The molecule has 0 atom stereocenters. The predicted molar refractivity (Wildman–Crippen MR) is 102 cm³/mol. The summed E-state index contributed by atoms with van der Waals surface area (Å²) >= 11 is 0. The molecule has 0 saturated carbocycles. The monoisotopic (exact) mass is 349 g/mol. The number of carbonyl (C=O) groups is 1. The summed E-state index contributed by atoms with van der Waals surface area (Å²) in [5, 5.41) is 7.32. The van der Waals surface area contributed by atoms with Gasteiger partial charge in [-0.05, 0) is 44.0 Å². The van der Waals surface area contributed by atoms with E-state index < -0.39 is 0 Å². The molecule has 3 aromatic rings. The van der Waals surface area contributed by atoms with Crippen molar-refractivity contribution < 1.29 is 9.53 Å². The van der Waals surface area contributed by atoms with Crippen LogP contribution in [0.25, 0.3) is 5.69 Å². The van der Waals surface area contributed by atoms with Crippen molar-refractivity contribution in [1.29, 1.82) is 0 Å². The van der Waals surface area contributed by atoms with E-state index in [0.717, 1.165) is 22.7 Å². The van der Waals surface area contributed by atoms with Crippen LogP contribution < -0.4 is 10.1 Å². The summed E-state index contributed by atoms with van der Waals surface area (Å²) in [6, 6.07) is 17.7. The fraction of sp³-hybridized carbons (Fsp3) is 0.238. The highest BCUT2D eigenvalue weighted by Gasteiger charge is 2.15. The van der Waals surface area contributed by atoms with E-state index in [9.17, 15) is 4.79 Å². The zero-order chi connectivity index (χ0) is 18.4. The van der Waals surface area contributed by atoms with Crippen molar-refractivity contribution in [2.24, 2.45) is 0 Å². The highest BCUT2D eigenvalue weighted by molar-refractivity contribution is 5.95. The van der Waals surface area contributed by atoms with Gasteiger partial charge in [-0.15, -0.1) is 0 Å². The summed E-state index contributed by atoms with van der Waals surface area (Å²) in [5.41, 5.74) is 3.44. The molecule has 2 aromatic carbocycles. The van der Waals surface area contributed by atoms with E-state index in [1.165, 1.54) is 0 Å². The largest absolute Gasteiger partial charge is 0.494 e. The SMILES string of the molecule is CCOc1ccccc1CCNC(=O)c1cnn(-c2ccccc2)c1C.